The third kappa shape index (κ3) is 7.75. The van der Waals surface area contributed by atoms with Crippen molar-refractivity contribution in [3.8, 4) is 0 Å². The van der Waals surface area contributed by atoms with E-state index in [4.69, 9.17) is 16.3 Å². The third-order valence-corrected chi connectivity index (χ3v) is 6.28. The van der Waals surface area contributed by atoms with Gasteiger partial charge in [0.1, 0.15) is 11.9 Å². The van der Waals surface area contributed by atoms with Gasteiger partial charge in [-0.1, -0.05) is 103 Å². The van der Waals surface area contributed by atoms with Crippen molar-refractivity contribution in [1.29, 1.82) is 0 Å². The average molecular weight is 545 g/mol. The van der Waals surface area contributed by atoms with Crippen molar-refractivity contribution in [2.24, 2.45) is 0 Å². The minimum atomic E-state index is -1.06. The zero-order valence-corrected chi connectivity index (χ0v) is 21.6. The molecule has 39 heavy (non-hydrogen) atoms. The molecule has 198 valence electrons. The second kappa shape index (κ2) is 13.3. The Labute approximate surface area is 230 Å². The van der Waals surface area contributed by atoms with Gasteiger partial charge in [0.05, 0.1) is 16.6 Å². The molecule has 0 unspecified atom stereocenters. The molecule has 0 radical (unpaired) electrons. The van der Waals surface area contributed by atoms with E-state index >= 15 is 0 Å². The van der Waals surface area contributed by atoms with Crippen LogP contribution in [-0.4, -0.2) is 30.4 Å². The molecule has 2 amide bonds. The largest absolute Gasteiger partial charge is 0.454 e. The van der Waals surface area contributed by atoms with Gasteiger partial charge in [0.2, 0.25) is 5.91 Å². The van der Waals surface area contributed by atoms with Crippen molar-refractivity contribution in [1.82, 2.24) is 5.32 Å². The number of nitrogens with one attached hydrogen (secondary N) is 2. The Morgan fingerprint density at radius 2 is 1.36 bits per heavy atom. The number of carbonyl (C=O) groups is 3. The normalized spacial score (nSPS) is 11.5. The highest BCUT2D eigenvalue weighted by Crippen LogP contribution is 2.25. The van der Waals surface area contributed by atoms with E-state index in [1.165, 1.54) is 6.07 Å². The van der Waals surface area contributed by atoms with Crippen LogP contribution < -0.4 is 10.6 Å². The predicted octanol–water partition coefficient (Wildman–Crippen LogP) is 5.52. The van der Waals surface area contributed by atoms with E-state index in [1.807, 2.05) is 91.0 Å². The Morgan fingerprint density at radius 3 is 1.92 bits per heavy atom. The van der Waals surface area contributed by atoms with Gasteiger partial charge in [0, 0.05) is 6.42 Å². The van der Waals surface area contributed by atoms with E-state index in [1.54, 1.807) is 0 Å². The highest BCUT2D eigenvalue weighted by Gasteiger charge is 2.29. The maximum absolute atomic E-state index is 13.7. The third-order valence-electron chi connectivity index (χ3n) is 5.96. The molecule has 0 aliphatic heterocycles. The van der Waals surface area contributed by atoms with Crippen LogP contribution >= 0.6 is 11.6 Å². The zero-order chi connectivity index (χ0) is 27.6. The molecule has 0 saturated carbocycles. The Kier molecular flexibility index (Phi) is 9.43. The first-order valence-corrected chi connectivity index (χ1v) is 12.6. The summed E-state index contributed by atoms with van der Waals surface area (Å²) >= 11 is 5.96. The molecule has 0 saturated heterocycles. The fourth-order valence-corrected chi connectivity index (χ4v) is 4.31. The van der Waals surface area contributed by atoms with Crippen LogP contribution in [0.5, 0.6) is 0 Å². The first kappa shape index (κ1) is 27.5. The van der Waals surface area contributed by atoms with Crippen molar-refractivity contribution in [2.75, 3.05) is 11.9 Å². The summed E-state index contributed by atoms with van der Waals surface area (Å²) in [5.41, 5.74) is 2.52. The van der Waals surface area contributed by atoms with Gasteiger partial charge >= 0.3 is 5.97 Å². The maximum Gasteiger partial charge on any atom is 0.329 e. The number of carbonyl (C=O) groups excluding carboxylic acids is 3. The van der Waals surface area contributed by atoms with Gasteiger partial charge in [-0.2, -0.15) is 0 Å². The van der Waals surface area contributed by atoms with Crippen LogP contribution in [0.4, 0.5) is 10.1 Å². The molecule has 4 aromatic rings. The number of rotatable bonds is 10. The van der Waals surface area contributed by atoms with Gasteiger partial charge in [0.25, 0.3) is 5.91 Å². The quantitative estimate of drug-likeness (QED) is 0.257. The molecule has 8 heteroatoms. The van der Waals surface area contributed by atoms with Crippen LogP contribution in [0.3, 0.4) is 0 Å². The SMILES string of the molecule is O=C(COC(=O)[C@H](Cc1ccccc1)NC(=O)C(c1ccccc1)c1ccccc1)Nc1ccc(F)cc1Cl. The fraction of sp³-hybridized carbons (Fsp3) is 0.129. The lowest BCUT2D eigenvalue weighted by Crippen LogP contribution is -2.46. The Morgan fingerprint density at radius 1 is 0.795 bits per heavy atom. The van der Waals surface area contributed by atoms with E-state index in [0.29, 0.717) is 0 Å². The molecule has 6 nitrogen and oxygen atoms in total. The van der Waals surface area contributed by atoms with Gasteiger partial charge in [-0.15, -0.1) is 0 Å². The van der Waals surface area contributed by atoms with Gasteiger partial charge < -0.3 is 15.4 Å². The summed E-state index contributed by atoms with van der Waals surface area (Å²) in [7, 11) is 0. The summed E-state index contributed by atoms with van der Waals surface area (Å²) in [4.78, 5) is 39.2. The minimum Gasteiger partial charge on any atom is -0.454 e. The molecule has 1 atom stereocenters. The zero-order valence-electron chi connectivity index (χ0n) is 20.9. The fourth-order valence-electron chi connectivity index (χ4n) is 4.10. The molecule has 4 aromatic carbocycles. The Balaban J connectivity index is 1.50. The second-order valence-corrected chi connectivity index (χ2v) is 9.19. The topological polar surface area (TPSA) is 84.5 Å². The summed E-state index contributed by atoms with van der Waals surface area (Å²) in [5, 5.41) is 5.34. The van der Waals surface area contributed by atoms with Crippen molar-refractivity contribution in [2.45, 2.75) is 18.4 Å². The number of ether oxygens (including phenoxy) is 1. The lowest BCUT2D eigenvalue weighted by atomic mass is 9.90. The number of hydrogen-bond donors (Lipinski definition) is 2. The Bertz CT molecular complexity index is 1380. The first-order chi connectivity index (χ1) is 18.9. The highest BCUT2D eigenvalue weighted by atomic mass is 35.5. The van der Waals surface area contributed by atoms with Crippen LogP contribution in [0.2, 0.25) is 5.02 Å². The Hall–Kier alpha value is -4.49. The van der Waals surface area contributed by atoms with E-state index in [9.17, 15) is 18.8 Å². The lowest BCUT2D eigenvalue weighted by Gasteiger charge is -2.23. The summed E-state index contributed by atoms with van der Waals surface area (Å²) in [6.45, 7) is -0.617. The number of anilines is 1. The molecule has 0 aliphatic carbocycles. The number of esters is 1. The summed E-state index contributed by atoms with van der Waals surface area (Å²) in [6.07, 6.45) is 0.160. The molecule has 2 N–H and O–H groups in total. The van der Waals surface area contributed by atoms with Gasteiger partial charge in [-0.25, -0.2) is 9.18 Å². The van der Waals surface area contributed by atoms with Crippen LogP contribution in [0.15, 0.2) is 109 Å². The molecule has 0 aromatic heterocycles. The lowest BCUT2D eigenvalue weighted by molar-refractivity contribution is -0.150. The number of amides is 2. The van der Waals surface area contributed by atoms with Crippen molar-refractivity contribution in [3.63, 3.8) is 0 Å². The van der Waals surface area contributed by atoms with Crippen LogP contribution in [0.25, 0.3) is 0 Å². The molecular weight excluding hydrogens is 519 g/mol. The summed E-state index contributed by atoms with van der Waals surface area (Å²) in [6, 6.07) is 30.2. The van der Waals surface area contributed by atoms with Crippen LogP contribution in [0, 0.1) is 5.82 Å². The second-order valence-electron chi connectivity index (χ2n) is 8.79. The summed E-state index contributed by atoms with van der Waals surface area (Å²) in [5.74, 6) is -3.02. The molecule has 0 aliphatic rings. The van der Waals surface area contributed by atoms with Crippen molar-refractivity contribution in [3.05, 3.63) is 137 Å². The number of benzene rings is 4. The average Bonchev–Trinajstić information content (AvgIpc) is 2.95. The molecule has 0 spiro atoms. The smallest absolute Gasteiger partial charge is 0.329 e. The molecule has 4 rings (SSSR count). The monoisotopic (exact) mass is 544 g/mol. The maximum atomic E-state index is 13.7. The number of halogens is 2. The molecule has 0 fully saturated rings. The van der Waals surface area contributed by atoms with E-state index in [0.717, 1.165) is 28.8 Å². The van der Waals surface area contributed by atoms with Gasteiger partial charge in [-0.05, 0) is 34.9 Å². The van der Waals surface area contributed by atoms with Crippen molar-refractivity contribution < 1.29 is 23.5 Å². The molecular formula is C31H26ClFN2O4. The highest BCUT2D eigenvalue weighted by molar-refractivity contribution is 6.33. The molecule has 0 bridgehead atoms. The van der Waals surface area contributed by atoms with Crippen LogP contribution in [-0.2, 0) is 25.5 Å². The van der Waals surface area contributed by atoms with Crippen LogP contribution in [0.1, 0.15) is 22.6 Å². The minimum absolute atomic E-state index is 0.0109. The van der Waals surface area contributed by atoms with Gasteiger partial charge in [0.15, 0.2) is 6.61 Å². The predicted molar refractivity (Wildman–Crippen MR) is 148 cm³/mol. The first-order valence-electron chi connectivity index (χ1n) is 12.3. The van der Waals surface area contributed by atoms with Gasteiger partial charge in [-0.3, -0.25) is 9.59 Å². The number of hydrogen-bond acceptors (Lipinski definition) is 4. The van der Waals surface area contributed by atoms with E-state index < -0.39 is 36.3 Å². The van der Waals surface area contributed by atoms with E-state index in [-0.39, 0.29) is 23.0 Å². The molecule has 0 heterocycles. The standard InChI is InChI=1S/C31H26ClFN2O4/c32-25-19-24(33)16-17-26(25)34-28(36)20-39-31(38)27(18-21-10-4-1-5-11-21)35-30(37)29(22-12-6-2-7-13-22)23-14-8-3-9-15-23/h1-17,19,27,29H,18,20H2,(H,34,36)(H,35,37)/t27-/m0/s1. The summed E-state index contributed by atoms with van der Waals surface area (Å²) < 4.78 is 18.6. The van der Waals surface area contributed by atoms with E-state index in [2.05, 4.69) is 10.6 Å². The van der Waals surface area contributed by atoms with Crippen molar-refractivity contribution >= 4 is 35.1 Å².